The van der Waals surface area contributed by atoms with Crippen molar-refractivity contribution in [2.24, 2.45) is 10.9 Å². The highest BCUT2D eigenvalue weighted by atomic mass is 15.1. The first-order chi connectivity index (χ1) is 4.84. The average Bonchev–Trinajstić information content (AvgIpc) is 1.94. The number of nitrogen functional groups attached to an aromatic ring is 1. The minimum atomic E-state index is 0.629. The van der Waals surface area contributed by atoms with Gasteiger partial charge in [-0.15, -0.1) is 0 Å². The number of pyridine rings is 1. The first-order valence-electron chi connectivity index (χ1n) is 2.77. The van der Waals surface area contributed by atoms with Crippen LogP contribution in [0.4, 0.5) is 5.69 Å². The fraction of sp³-hybridized carbons (Fsp3) is 0. The zero-order valence-corrected chi connectivity index (χ0v) is 5.36. The SMILES string of the molecule is N/N=C\c1cnccc1N. The molecule has 0 fully saturated rings. The van der Waals surface area contributed by atoms with Gasteiger partial charge in [-0.05, 0) is 6.07 Å². The summed E-state index contributed by atoms with van der Waals surface area (Å²) in [4.78, 5) is 3.84. The van der Waals surface area contributed by atoms with Gasteiger partial charge in [0.15, 0.2) is 0 Å². The Hall–Kier alpha value is -1.58. The summed E-state index contributed by atoms with van der Waals surface area (Å²) in [5, 5.41) is 3.32. The van der Waals surface area contributed by atoms with Gasteiger partial charge in [0.25, 0.3) is 0 Å². The van der Waals surface area contributed by atoms with Crippen molar-refractivity contribution >= 4 is 11.9 Å². The van der Waals surface area contributed by atoms with Crippen LogP contribution in [-0.4, -0.2) is 11.2 Å². The van der Waals surface area contributed by atoms with Gasteiger partial charge in [-0.25, -0.2) is 0 Å². The van der Waals surface area contributed by atoms with Gasteiger partial charge in [-0.3, -0.25) is 4.98 Å². The molecule has 4 heteroatoms. The Morgan fingerprint density at radius 1 is 1.60 bits per heavy atom. The minimum Gasteiger partial charge on any atom is -0.398 e. The van der Waals surface area contributed by atoms with E-state index in [1.165, 1.54) is 6.21 Å². The molecule has 0 atom stereocenters. The largest absolute Gasteiger partial charge is 0.398 e. The van der Waals surface area contributed by atoms with Crippen LogP contribution in [0.5, 0.6) is 0 Å². The Morgan fingerprint density at radius 3 is 3.00 bits per heavy atom. The molecular formula is C6H8N4. The number of rotatable bonds is 1. The van der Waals surface area contributed by atoms with E-state index in [1.807, 2.05) is 0 Å². The van der Waals surface area contributed by atoms with Gasteiger partial charge in [0.2, 0.25) is 0 Å². The molecule has 4 nitrogen and oxygen atoms in total. The molecule has 0 saturated heterocycles. The van der Waals surface area contributed by atoms with E-state index in [2.05, 4.69) is 10.1 Å². The molecule has 1 aromatic rings. The number of aromatic nitrogens is 1. The highest BCUT2D eigenvalue weighted by molar-refractivity contribution is 5.85. The fourth-order valence-corrected chi connectivity index (χ4v) is 0.606. The molecule has 1 heterocycles. The van der Waals surface area contributed by atoms with E-state index in [1.54, 1.807) is 18.5 Å². The second-order valence-corrected chi connectivity index (χ2v) is 1.78. The molecule has 0 aliphatic rings. The van der Waals surface area contributed by atoms with Crippen LogP contribution in [-0.2, 0) is 0 Å². The van der Waals surface area contributed by atoms with E-state index in [-0.39, 0.29) is 0 Å². The smallest absolute Gasteiger partial charge is 0.0574 e. The van der Waals surface area contributed by atoms with Crippen molar-refractivity contribution in [1.82, 2.24) is 4.98 Å². The lowest BCUT2D eigenvalue weighted by Gasteiger charge is -1.94. The number of hydrogen-bond acceptors (Lipinski definition) is 4. The van der Waals surface area contributed by atoms with E-state index in [4.69, 9.17) is 11.6 Å². The molecule has 0 aliphatic carbocycles. The maximum Gasteiger partial charge on any atom is 0.0574 e. The molecule has 0 saturated carbocycles. The standard InChI is InChI=1S/C6H8N4/c7-6-1-2-9-3-5(6)4-10-8/h1-4H,8H2,(H2,7,9)/b10-4-. The number of anilines is 1. The Morgan fingerprint density at radius 2 is 2.40 bits per heavy atom. The lowest BCUT2D eigenvalue weighted by Crippen LogP contribution is -1.94. The minimum absolute atomic E-state index is 0.629. The lowest BCUT2D eigenvalue weighted by molar-refractivity contribution is 1.25. The summed E-state index contributed by atoms with van der Waals surface area (Å²) in [7, 11) is 0. The van der Waals surface area contributed by atoms with Crippen molar-refractivity contribution in [1.29, 1.82) is 0 Å². The fourth-order valence-electron chi connectivity index (χ4n) is 0.606. The Kier molecular flexibility index (Phi) is 1.84. The third-order valence-corrected chi connectivity index (χ3v) is 1.10. The number of nitrogens with two attached hydrogens (primary N) is 2. The monoisotopic (exact) mass is 136 g/mol. The quantitative estimate of drug-likeness (QED) is 0.323. The highest BCUT2D eigenvalue weighted by Gasteiger charge is 1.91. The van der Waals surface area contributed by atoms with Crippen LogP contribution < -0.4 is 11.6 Å². The molecule has 0 spiro atoms. The highest BCUT2D eigenvalue weighted by Crippen LogP contribution is 2.03. The second kappa shape index (κ2) is 2.82. The maximum atomic E-state index is 5.52. The van der Waals surface area contributed by atoms with Gasteiger partial charge in [-0.2, -0.15) is 5.10 Å². The van der Waals surface area contributed by atoms with Crippen molar-refractivity contribution in [2.45, 2.75) is 0 Å². The summed E-state index contributed by atoms with van der Waals surface area (Å²) >= 11 is 0. The van der Waals surface area contributed by atoms with Gasteiger partial charge in [-0.1, -0.05) is 0 Å². The van der Waals surface area contributed by atoms with Crippen molar-refractivity contribution in [2.75, 3.05) is 5.73 Å². The van der Waals surface area contributed by atoms with Crippen molar-refractivity contribution in [3.05, 3.63) is 24.0 Å². The first kappa shape index (κ1) is 6.54. The number of nitrogens with zero attached hydrogens (tertiary/aromatic N) is 2. The molecule has 0 radical (unpaired) electrons. The number of hydrogen-bond donors (Lipinski definition) is 2. The van der Waals surface area contributed by atoms with Crippen LogP contribution in [0.1, 0.15) is 5.56 Å². The summed E-state index contributed by atoms with van der Waals surface area (Å²) in [5.74, 6) is 4.92. The van der Waals surface area contributed by atoms with Crippen LogP contribution in [0.2, 0.25) is 0 Å². The van der Waals surface area contributed by atoms with Crippen molar-refractivity contribution in [3.63, 3.8) is 0 Å². The van der Waals surface area contributed by atoms with Crippen LogP contribution in [0.25, 0.3) is 0 Å². The topological polar surface area (TPSA) is 77.3 Å². The predicted octanol–water partition coefficient (Wildman–Crippen LogP) is -0.0436. The maximum absolute atomic E-state index is 5.52. The van der Waals surface area contributed by atoms with Gasteiger partial charge >= 0.3 is 0 Å². The molecule has 0 aromatic carbocycles. The molecule has 0 unspecified atom stereocenters. The molecule has 4 N–H and O–H groups in total. The van der Waals surface area contributed by atoms with Crippen LogP contribution >= 0.6 is 0 Å². The molecule has 1 rings (SSSR count). The van der Waals surface area contributed by atoms with E-state index < -0.39 is 0 Å². The normalized spacial score (nSPS) is 10.4. The summed E-state index contributed by atoms with van der Waals surface area (Å²) in [6.07, 6.45) is 4.68. The average molecular weight is 136 g/mol. The molecule has 0 aliphatic heterocycles. The van der Waals surface area contributed by atoms with Gasteiger partial charge in [0, 0.05) is 23.6 Å². The zero-order chi connectivity index (χ0) is 7.40. The van der Waals surface area contributed by atoms with Gasteiger partial charge < -0.3 is 11.6 Å². The second-order valence-electron chi connectivity index (χ2n) is 1.78. The predicted molar refractivity (Wildman–Crippen MR) is 40.4 cm³/mol. The Bertz CT molecular complexity index is 243. The summed E-state index contributed by atoms with van der Waals surface area (Å²) in [6.45, 7) is 0. The van der Waals surface area contributed by atoms with E-state index in [0.717, 1.165) is 5.56 Å². The molecule has 0 amide bonds. The molecule has 0 bridgehead atoms. The molecule has 52 valence electrons. The Balaban J connectivity index is 3.03. The van der Waals surface area contributed by atoms with Crippen LogP contribution in [0.3, 0.4) is 0 Å². The summed E-state index contributed by atoms with van der Waals surface area (Å²) in [5.41, 5.74) is 6.89. The lowest BCUT2D eigenvalue weighted by atomic mass is 10.2. The van der Waals surface area contributed by atoms with Gasteiger partial charge in [0.05, 0.1) is 6.21 Å². The summed E-state index contributed by atoms with van der Waals surface area (Å²) in [6, 6.07) is 1.69. The van der Waals surface area contributed by atoms with Crippen LogP contribution in [0.15, 0.2) is 23.6 Å². The molecule has 1 aromatic heterocycles. The van der Waals surface area contributed by atoms with Gasteiger partial charge in [0.1, 0.15) is 0 Å². The first-order valence-corrected chi connectivity index (χ1v) is 2.77. The van der Waals surface area contributed by atoms with E-state index >= 15 is 0 Å². The number of hydrazone groups is 1. The van der Waals surface area contributed by atoms with Crippen molar-refractivity contribution < 1.29 is 0 Å². The van der Waals surface area contributed by atoms with E-state index in [0.29, 0.717) is 5.69 Å². The molecular weight excluding hydrogens is 128 g/mol. The Labute approximate surface area is 58.6 Å². The summed E-state index contributed by atoms with van der Waals surface area (Å²) < 4.78 is 0. The molecule has 10 heavy (non-hydrogen) atoms. The van der Waals surface area contributed by atoms with E-state index in [9.17, 15) is 0 Å². The third-order valence-electron chi connectivity index (χ3n) is 1.10. The third kappa shape index (κ3) is 1.22. The zero-order valence-electron chi connectivity index (χ0n) is 5.36. The van der Waals surface area contributed by atoms with Crippen LogP contribution in [0, 0.1) is 0 Å². The van der Waals surface area contributed by atoms with Crippen molar-refractivity contribution in [3.8, 4) is 0 Å².